The smallest absolute Gasteiger partial charge is 0.419 e. The Morgan fingerprint density at radius 3 is 2.61 bits per heavy atom. The predicted octanol–water partition coefficient (Wildman–Crippen LogP) is 3.80. The highest BCUT2D eigenvalue weighted by Gasteiger charge is 2.20. The van der Waals surface area contributed by atoms with Crippen molar-refractivity contribution >= 4 is 17.0 Å². The summed E-state index contributed by atoms with van der Waals surface area (Å²) in [6, 6.07) is 7.78. The molecule has 0 unspecified atom stereocenters. The molecule has 0 aliphatic rings. The SMILES string of the molecule is [CH2]Cc1cn(C(=O)OC(C)(C)C)c2ccccc12. The average Bonchev–Trinajstić information content (AvgIpc) is 2.65. The molecule has 3 heteroatoms. The third kappa shape index (κ3) is 2.40. The molecule has 1 heterocycles. The van der Waals surface area contributed by atoms with E-state index in [0.717, 1.165) is 16.5 Å². The van der Waals surface area contributed by atoms with Gasteiger partial charge in [0.2, 0.25) is 0 Å². The molecule has 0 saturated heterocycles. The zero-order valence-corrected chi connectivity index (χ0v) is 11.1. The molecule has 0 amide bonds. The van der Waals surface area contributed by atoms with Gasteiger partial charge in [-0.05, 0) is 45.7 Å². The third-order valence-electron chi connectivity index (χ3n) is 2.65. The van der Waals surface area contributed by atoms with E-state index in [1.807, 2.05) is 51.2 Å². The standard InChI is InChI=1S/C15H18NO2/c1-5-11-10-16(14(17)18-15(2,3)4)13-9-7-6-8-12(11)13/h6-10H,1,5H2,2-4H3. The van der Waals surface area contributed by atoms with Gasteiger partial charge in [0.1, 0.15) is 5.60 Å². The van der Waals surface area contributed by atoms with Gasteiger partial charge in [-0.1, -0.05) is 18.2 Å². The second kappa shape index (κ2) is 4.48. The highest BCUT2D eigenvalue weighted by Crippen LogP contribution is 2.22. The first-order chi connectivity index (χ1) is 8.42. The van der Waals surface area contributed by atoms with Crippen molar-refractivity contribution < 1.29 is 9.53 Å². The number of hydrogen-bond donors (Lipinski definition) is 0. The van der Waals surface area contributed by atoms with Gasteiger partial charge >= 0.3 is 6.09 Å². The van der Waals surface area contributed by atoms with Crippen LogP contribution >= 0.6 is 0 Å². The van der Waals surface area contributed by atoms with E-state index in [-0.39, 0.29) is 6.09 Å². The zero-order valence-electron chi connectivity index (χ0n) is 11.1. The molecule has 2 aromatic rings. The van der Waals surface area contributed by atoms with Gasteiger partial charge in [0.05, 0.1) is 5.52 Å². The second-order valence-electron chi connectivity index (χ2n) is 5.27. The van der Waals surface area contributed by atoms with Crippen molar-refractivity contribution in [2.75, 3.05) is 0 Å². The summed E-state index contributed by atoms with van der Waals surface area (Å²) >= 11 is 0. The molecule has 0 aliphatic heterocycles. The Morgan fingerprint density at radius 2 is 2.00 bits per heavy atom. The fraction of sp³-hybridized carbons (Fsp3) is 0.333. The summed E-state index contributed by atoms with van der Waals surface area (Å²) in [5, 5.41) is 1.05. The summed E-state index contributed by atoms with van der Waals surface area (Å²) in [5.41, 5.74) is 1.43. The minimum absolute atomic E-state index is 0.349. The molecule has 1 aromatic heterocycles. The first-order valence-electron chi connectivity index (χ1n) is 6.04. The van der Waals surface area contributed by atoms with E-state index in [4.69, 9.17) is 4.74 Å². The number of aromatic nitrogens is 1. The molecule has 0 spiro atoms. The Hall–Kier alpha value is -1.77. The maximum absolute atomic E-state index is 12.1. The molecule has 0 atom stereocenters. The number of ether oxygens (including phenoxy) is 1. The summed E-state index contributed by atoms with van der Waals surface area (Å²) in [7, 11) is 0. The Labute approximate surface area is 107 Å². The summed E-state index contributed by atoms with van der Waals surface area (Å²) in [6.45, 7) is 9.47. The number of carbonyl (C=O) groups excluding carboxylic acids is 1. The number of rotatable bonds is 1. The van der Waals surface area contributed by atoms with Gasteiger partial charge in [0.15, 0.2) is 0 Å². The number of carbonyl (C=O) groups is 1. The number of nitrogens with zero attached hydrogens (tertiary/aromatic N) is 1. The summed E-state index contributed by atoms with van der Waals surface area (Å²) in [5.74, 6) is 0. The van der Waals surface area contributed by atoms with Crippen LogP contribution in [0.2, 0.25) is 0 Å². The lowest BCUT2D eigenvalue weighted by Gasteiger charge is -2.19. The average molecular weight is 244 g/mol. The van der Waals surface area contributed by atoms with Gasteiger partial charge in [0.25, 0.3) is 0 Å². The van der Waals surface area contributed by atoms with Crippen LogP contribution in [0.25, 0.3) is 10.9 Å². The van der Waals surface area contributed by atoms with Crippen molar-refractivity contribution in [3.05, 3.63) is 42.9 Å². The van der Waals surface area contributed by atoms with E-state index in [0.29, 0.717) is 6.42 Å². The highest BCUT2D eigenvalue weighted by molar-refractivity contribution is 5.92. The summed E-state index contributed by atoms with van der Waals surface area (Å²) < 4.78 is 6.95. The van der Waals surface area contributed by atoms with Crippen LogP contribution in [0, 0.1) is 6.92 Å². The zero-order chi connectivity index (χ0) is 13.3. The lowest BCUT2D eigenvalue weighted by atomic mass is 10.1. The number of hydrogen-bond acceptors (Lipinski definition) is 2. The first kappa shape index (κ1) is 12.7. The molecular weight excluding hydrogens is 226 g/mol. The molecule has 0 N–H and O–H groups in total. The van der Waals surface area contributed by atoms with Gasteiger partial charge in [-0.25, -0.2) is 4.79 Å². The van der Waals surface area contributed by atoms with E-state index < -0.39 is 5.60 Å². The number of benzene rings is 1. The molecule has 95 valence electrons. The molecule has 0 bridgehead atoms. The fourth-order valence-electron chi connectivity index (χ4n) is 1.91. The van der Waals surface area contributed by atoms with E-state index in [1.54, 1.807) is 4.57 Å². The molecule has 0 aliphatic carbocycles. The van der Waals surface area contributed by atoms with Crippen molar-refractivity contribution in [2.45, 2.75) is 32.8 Å². The maximum Gasteiger partial charge on any atom is 0.419 e. The van der Waals surface area contributed by atoms with Gasteiger partial charge in [-0.15, -0.1) is 0 Å². The monoisotopic (exact) mass is 244 g/mol. The molecule has 3 nitrogen and oxygen atoms in total. The van der Waals surface area contributed by atoms with Gasteiger partial charge in [-0.3, -0.25) is 4.57 Å². The Kier molecular flexibility index (Phi) is 3.16. The Bertz CT molecular complexity index is 576. The lowest BCUT2D eigenvalue weighted by Crippen LogP contribution is -2.26. The summed E-state index contributed by atoms with van der Waals surface area (Å²) in [6.07, 6.45) is 2.11. The maximum atomic E-state index is 12.1. The van der Waals surface area contributed by atoms with Gasteiger partial charge in [-0.2, -0.15) is 0 Å². The second-order valence-corrected chi connectivity index (χ2v) is 5.27. The molecule has 0 fully saturated rings. The predicted molar refractivity (Wildman–Crippen MR) is 72.6 cm³/mol. The quantitative estimate of drug-likeness (QED) is 0.764. The van der Waals surface area contributed by atoms with Crippen LogP contribution in [0.5, 0.6) is 0 Å². The van der Waals surface area contributed by atoms with E-state index in [1.165, 1.54) is 0 Å². The molecule has 2 rings (SSSR count). The van der Waals surface area contributed by atoms with Crippen molar-refractivity contribution in [3.63, 3.8) is 0 Å². The number of para-hydroxylation sites is 1. The Balaban J connectivity index is 2.48. The minimum atomic E-state index is -0.493. The minimum Gasteiger partial charge on any atom is -0.443 e. The molecule has 1 aromatic carbocycles. The van der Waals surface area contributed by atoms with Crippen molar-refractivity contribution in [2.24, 2.45) is 0 Å². The van der Waals surface area contributed by atoms with Crippen molar-refractivity contribution in [3.8, 4) is 0 Å². The van der Waals surface area contributed by atoms with E-state index >= 15 is 0 Å². The topological polar surface area (TPSA) is 31.2 Å². The molecule has 18 heavy (non-hydrogen) atoms. The molecule has 0 saturated carbocycles. The molecular formula is C15H18NO2. The van der Waals surface area contributed by atoms with Crippen LogP contribution < -0.4 is 0 Å². The van der Waals surface area contributed by atoms with Crippen molar-refractivity contribution in [1.29, 1.82) is 0 Å². The van der Waals surface area contributed by atoms with Crippen LogP contribution in [0.3, 0.4) is 0 Å². The first-order valence-corrected chi connectivity index (χ1v) is 6.04. The molecule has 1 radical (unpaired) electrons. The highest BCUT2D eigenvalue weighted by atomic mass is 16.6. The van der Waals surface area contributed by atoms with Gasteiger partial charge in [0, 0.05) is 11.6 Å². The third-order valence-corrected chi connectivity index (χ3v) is 2.65. The van der Waals surface area contributed by atoms with E-state index in [2.05, 4.69) is 6.92 Å². The lowest BCUT2D eigenvalue weighted by molar-refractivity contribution is 0.0544. The van der Waals surface area contributed by atoms with Crippen LogP contribution in [0.1, 0.15) is 26.3 Å². The van der Waals surface area contributed by atoms with Gasteiger partial charge < -0.3 is 4.74 Å². The fourth-order valence-corrected chi connectivity index (χ4v) is 1.91. The van der Waals surface area contributed by atoms with E-state index in [9.17, 15) is 4.79 Å². The summed E-state index contributed by atoms with van der Waals surface area (Å²) in [4.78, 5) is 12.1. The van der Waals surface area contributed by atoms with Crippen molar-refractivity contribution in [1.82, 2.24) is 4.57 Å². The van der Waals surface area contributed by atoms with Crippen LogP contribution in [0.4, 0.5) is 4.79 Å². The number of fused-ring (bicyclic) bond motifs is 1. The van der Waals surface area contributed by atoms with Crippen LogP contribution in [0.15, 0.2) is 30.5 Å². The van der Waals surface area contributed by atoms with Crippen LogP contribution in [-0.2, 0) is 11.2 Å². The normalized spacial score (nSPS) is 11.8. The Morgan fingerprint density at radius 1 is 1.33 bits per heavy atom. The van der Waals surface area contributed by atoms with Crippen LogP contribution in [-0.4, -0.2) is 16.3 Å². The largest absolute Gasteiger partial charge is 0.443 e.